The summed E-state index contributed by atoms with van der Waals surface area (Å²) in [5, 5.41) is 0.102. The minimum atomic E-state index is -1.22. The van der Waals surface area contributed by atoms with Gasteiger partial charge in [-0.05, 0) is 6.07 Å². The molecular weight excluding hydrogens is 490 g/mol. The number of rotatable bonds is 7. The lowest BCUT2D eigenvalue weighted by molar-refractivity contribution is -0.299. The Labute approximate surface area is 206 Å². The van der Waals surface area contributed by atoms with Crippen molar-refractivity contribution in [3.8, 4) is 0 Å². The molecule has 0 spiro atoms. The monoisotopic (exact) mass is 515 g/mol. The standard InChI is InChI=1S/C22H26ClNO9S/c1-11(25)30-18-16(33-22(29-4)20(32-13(3)27)19(18)31-12(2)26)9-24-17(28)10-34-21(24)14-7-5-6-8-15(14)23/h5-8,16,18-22H,9-10H2,1-4H3/t16-,18-,19+,20-,21-,22+/m1/s1. The van der Waals surface area contributed by atoms with Gasteiger partial charge in [-0.15, -0.1) is 11.8 Å². The summed E-state index contributed by atoms with van der Waals surface area (Å²) in [4.78, 5) is 49.9. The molecule has 10 nitrogen and oxygen atoms in total. The van der Waals surface area contributed by atoms with Crippen LogP contribution in [0.15, 0.2) is 24.3 Å². The number of hydrogen-bond acceptors (Lipinski definition) is 10. The van der Waals surface area contributed by atoms with Gasteiger partial charge in [-0.3, -0.25) is 19.2 Å². The Balaban J connectivity index is 1.96. The zero-order valence-electron chi connectivity index (χ0n) is 19.1. The van der Waals surface area contributed by atoms with Gasteiger partial charge in [-0.25, -0.2) is 0 Å². The summed E-state index contributed by atoms with van der Waals surface area (Å²) in [5.41, 5.74) is 0.748. The molecule has 34 heavy (non-hydrogen) atoms. The van der Waals surface area contributed by atoms with Gasteiger partial charge in [0.25, 0.3) is 0 Å². The molecule has 2 saturated heterocycles. The van der Waals surface area contributed by atoms with Crippen LogP contribution in [0, 0.1) is 0 Å². The molecule has 0 unspecified atom stereocenters. The van der Waals surface area contributed by atoms with Crippen molar-refractivity contribution in [2.75, 3.05) is 19.4 Å². The highest BCUT2D eigenvalue weighted by Crippen LogP contribution is 2.42. The average molecular weight is 516 g/mol. The van der Waals surface area contributed by atoms with Crippen LogP contribution in [0.1, 0.15) is 31.7 Å². The highest BCUT2D eigenvalue weighted by Gasteiger charge is 2.53. The second kappa shape index (κ2) is 11.4. The van der Waals surface area contributed by atoms with Crippen LogP contribution in [-0.4, -0.2) is 78.8 Å². The number of carbonyl (C=O) groups is 4. The minimum absolute atomic E-state index is 0.0237. The lowest BCUT2D eigenvalue weighted by Crippen LogP contribution is -2.63. The molecule has 6 atom stereocenters. The van der Waals surface area contributed by atoms with Crippen molar-refractivity contribution in [1.29, 1.82) is 0 Å². The maximum absolute atomic E-state index is 12.8. The van der Waals surface area contributed by atoms with Gasteiger partial charge in [0.2, 0.25) is 5.91 Å². The van der Waals surface area contributed by atoms with E-state index in [1.807, 2.05) is 12.1 Å². The molecule has 3 rings (SSSR count). The third kappa shape index (κ3) is 6.01. The third-order valence-electron chi connectivity index (χ3n) is 5.25. The van der Waals surface area contributed by atoms with E-state index >= 15 is 0 Å². The summed E-state index contributed by atoms with van der Waals surface area (Å²) in [6, 6.07) is 7.18. The van der Waals surface area contributed by atoms with Crippen molar-refractivity contribution in [1.82, 2.24) is 4.90 Å². The second-order valence-electron chi connectivity index (χ2n) is 7.73. The summed E-state index contributed by atoms with van der Waals surface area (Å²) in [7, 11) is 1.33. The molecule has 2 fully saturated rings. The molecule has 0 aliphatic carbocycles. The van der Waals surface area contributed by atoms with Gasteiger partial charge < -0.3 is 28.6 Å². The molecule has 2 aliphatic heterocycles. The highest BCUT2D eigenvalue weighted by atomic mass is 35.5. The topological polar surface area (TPSA) is 118 Å². The second-order valence-corrected chi connectivity index (χ2v) is 9.21. The summed E-state index contributed by atoms with van der Waals surface area (Å²) in [6.07, 6.45) is -5.71. The molecule has 0 aromatic heterocycles. The van der Waals surface area contributed by atoms with Crippen LogP contribution in [0.2, 0.25) is 5.02 Å². The van der Waals surface area contributed by atoms with Crippen molar-refractivity contribution in [2.45, 2.75) is 56.9 Å². The van der Waals surface area contributed by atoms with Gasteiger partial charge in [0.05, 0.1) is 12.3 Å². The fourth-order valence-electron chi connectivity index (χ4n) is 3.97. The summed E-state index contributed by atoms with van der Waals surface area (Å²) in [5.74, 6) is -1.97. The molecule has 0 bridgehead atoms. The molecule has 0 radical (unpaired) electrons. The Kier molecular flexibility index (Phi) is 8.80. The van der Waals surface area contributed by atoms with Crippen molar-refractivity contribution in [3.05, 3.63) is 34.9 Å². The van der Waals surface area contributed by atoms with Crippen LogP contribution in [-0.2, 0) is 42.9 Å². The van der Waals surface area contributed by atoms with Gasteiger partial charge in [0.1, 0.15) is 11.5 Å². The predicted octanol–water partition coefficient (Wildman–Crippen LogP) is 2.08. The van der Waals surface area contributed by atoms with E-state index in [0.717, 1.165) is 5.56 Å². The molecule has 2 heterocycles. The molecule has 2 aliphatic rings. The Hall–Kier alpha value is -2.34. The number of ether oxygens (including phenoxy) is 5. The third-order valence-corrected chi connectivity index (χ3v) is 6.83. The van der Waals surface area contributed by atoms with Crippen LogP contribution in [0.5, 0.6) is 0 Å². The van der Waals surface area contributed by atoms with Gasteiger partial charge >= 0.3 is 17.9 Å². The van der Waals surface area contributed by atoms with Crippen molar-refractivity contribution >= 4 is 47.2 Å². The zero-order valence-corrected chi connectivity index (χ0v) is 20.7. The minimum Gasteiger partial charge on any atom is -0.456 e. The van der Waals surface area contributed by atoms with E-state index in [4.69, 9.17) is 35.3 Å². The molecule has 1 aromatic rings. The Morgan fingerprint density at radius 3 is 2.21 bits per heavy atom. The lowest BCUT2D eigenvalue weighted by Gasteiger charge is -2.45. The van der Waals surface area contributed by atoms with Crippen LogP contribution in [0.4, 0.5) is 0 Å². The average Bonchev–Trinajstić information content (AvgIpc) is 3.11. The first-order valence-corrected chi connectivity index (χ1v) is 11.9. The number of benzene rings is 1. The highest BCUT2D eigenvalue weighted by molar-refractivity contribution is 8.00. The van der Waals surface area contributed by atoms with E-state index in [2.05, 4.69) is 0 Å². The van der Waals surface area contributed by atoms with Gasteiger partial charge in [0.15, 0.2) is 24.6 Å². The quantitative estimate of drug-likeness (QED) is 0.394. The molecule has 0 saturated carbocycles. The van der Waals surface area contributed by atoms with Crippen LogP contribution in [0.25, 0.3) is 0 Å². The SMILES string of the molecule is CO[C@H]1O[C@H](CN2C(=O)CS[C@@H]2c2ccccc2Cl)[C@@H](OC(C)=O)[C@H](OC(C)=O)[C@H]1OC(C)=O. The molecule has 0 N–H and O–H groups in total. The molecular formula is C22H26ClNO9S. The Bertz CT molecular complexity index is 945. The molecule has 186 valence electrons. The number of esters is 3. The summed E-state index contributed by atoms with van der Waals surface area (Å²) < 4.78 is 27.6. The number of carbonyl (C=O) groups excluding carboxylic acids is 4. The first-order chi connectivity index (χ1) is 16.1. The normalized spacial score (nSPS) is 29.0. The molecule has 1 aromatic carbocycles. The molecule has 1 amide bonds. The van der Waals surface area contributed by atoms with Gasteiger partial charge in [0, 0.05) is 38.5 Å². The predicted molar refractivity (Wildman–Crippen MR) is 121 cm³/mol. The van der Waals surface area contributed by atoms with Crippen molar-refractivity contribution in [2.24, 2.45) is 0 Å². The first kappa shape index (κ1) is 26.3. The van der Waals surface area contributed by atoms with Crippen molar-refractivity contribution < 1.29 is 42.9 Å². The van der Waals surface area contributed by atoms with Crippen molar-refractivity contribution in [3.63, 3.8) is 0 Å². The number of nitrogens with zero attached hydrogens (tertiary/aromatic N) is 1. The van der Waals surface area contributed by atoms with E-state index < -0.39 is 54.0 Å². The largest absolute Gasteiger partial charge is 0.456 e. The van der Waals surface area contributed by atoms with Crippen LogP contribution >= 0.6 is 23.4 Å². The maximum atomic E-state index is 12.8. The zero-order chi connectivity index (χ0) is 25.0. The van der Waals surface area contributed by atoms with E-state index in [1.54, 1.807) is 17.0 Å². The van der Waals surface area contributed by atoms with Crippen LogP contribution < -0.4 is 0 Å². The molecule has 12 heteroatoms. The number of halogens is 1. The van der Waals surface area contributed by atoms with Gasteiger partial charge in [-0.2, -0.15) is 0 Å². The van der Waals surface area contributed by atoms with E-state index in [1.165, 1.54) is 39.6 Å². The lowest BCUT2D eigenvalue weighted by atomic mass is 9.97. The Morgan fingerprint density at radius 2 is 1.62 bits per heavy atom. The number of thioether (sulfide) groups is 1. The van der Waals surface area contributed by atoms with E-state index in [9.17, 15) is 19.2 Å². The van der Waals surface area contributed by atoms with Gasteiger partial charge in [-0.1, -0.05) is 29.8 Å². The number of methoxy groups -OCH3 is 1. The Morgan fingerprint density at radius 1 is 1.03 bits per heavy atom. The summed E-state index contributed by atoms with van der Waals surface area (Å²) in [6.45, 7) is 3.52. The number of amides is 1. The fourth-order valence-corrected chi connectivity index (χ4v) is 5.51. The smallest absolute Gasteiger partial charge is 0.303 e. The number of hydrogen-bond donors (Lipinski definition) is 0. The first-order valence-electron chi connectivity index (χ1n) is 10.5. The fraction of sp³-hybridized carbons (Fsp3) is 0.545. The van der Waals surface area contributed by atoms with E-state index in [-0.39, 0.29) is 18.2 Å². The summed E-state index contributed by atoms with van der Waals surface area (Å²) >= 11 is 7.77. The van der Waals surface area contributed by atoms with E-state index in [0.29, 0.717) is 5.02 Å². The van der Waals surface area contributed by atoms with Crippen LogP contribution in [0.3, 0.4) is 0 Å². The maximum Gasteiger partial charge on any atom is 0.303 e.